The Bertz CT molecular complexity index is 834. The van der Waals surface area contributed by atoms with Crippen LogP contribution in [-0.4, -0.2) is 16.1 Å². The number of carboxylic acid groups (broad SMARTS) is 1. The molecule has 0 atom stereocenters. The van der Waals surface area contributed by atoms with E-state index in [-0.39, 0.29) is 12.2 Å². The van der Waals surface area contributed by atoms with Gasteiger partial charge in [-0.15, -0.1) is 0 Å². The van der Waals surface area contributed by atoms with E-state index in [9.17, 15) is 9.18 Å². The van der Waals surface area contributed by atoms with Crippen molar-refractivity contribution in [1.82, 2.24) is 4.98 Å². The van der Waals surface area contributed by atoms with E-state index in [1.165, 1.54) is 12.1 Å². The van der Waals surface area contributed by atoms with E-state index in [1.54, 1.807) is 6.07 Å². The van der Waals surface area contributed by atoms with Crippen LogP contribution >= 0.6 is 0 Å². The largest absolute Gasteiger partial charge is 0.481 e. The summed E-state index contributed by atoms with van der Waals surface area (Å²) in [5, 5.41) is 9.70. The summed E-state index contributed by atoms with van der Waals surface area (Å²) in [6.45, 7) is 2.01. The van der Waals surface area contributed by atoms with Crippen molar-refractivity contribution in [2.45, 2.75) is 19.8 Å². The number of halogens is 1. The first kappa shape index (κ1) is 14.3. The molecule has 1 heterocycles. The van der Waals surface area contributed by atoms with Crippen molar-refractivity contribution in [3.8, 4) is 11.3 Å². The van der Waals surface area contributed by atoms with Crippen LogP contribution in [0.5, 0.6) is 0 Å². The van der Waals surface area contributed by atoms with Crippen molar-refractivity contribution < 1.29 is 14.3 Å². The minimum atomic E-state index is -0.861. The number of carbonyl (C=O) groups is 1. The number of fused-ring (bicyclic) bond motifs is 1. The van der Waals surface area contributed by atoms with Crippen molar-refractivity contribution in [3.05, 3.63) is 59.4 Å². The molecule has 2 N–H and O–H groups in total. The first-order valence-electron chi connectivity index (χ1n) is 7.13. The first-order valence-corrected chi connectivity index (χ1v) is 7.13. The molecule has 0 fully saturated rings. The Balaban J connectivity index is 2.16. The number of aryl methyl sites for hydroxylation is 2. The number of H-pyrrole nitrogens is 1. The highest BCUT2D eigenvalue weighted by atomic mass is 19.1. The van der Waals surface area contributed by atoms with Gasteiger partial charge in [0.1, 0.15) is 5.82 Å². The fourth-order valence-electron chi connectivity index (χ4n) is 2.68. The Labute approximate surface area is 127 Å². The molecular weight excluding hydrogens is 281 g/mol. The van der Waals surface area contributed by atoms with Gasteiger partial charge in [-0.1, -0.05) is 29.8 Å². The predicted molar refractivity (Wildman–Crippen MR) is 84.4 cm³/mol. The predicted octanol–water partition coefficient (Wildman–Crippen LogP) is 4.30. The van der Waals surface area contributed by atoms with Crippen molar-refractivity contribution >= 4 is 16.9 Å². The standard InChI is InChI=1S/C18H16FNO2/c1-11-2-4-12(5-3-11)18-14(7-9-17(21)22)15-10-13(19)6-8-16(15)20-18/h2-6,8,10,20H,7,9H2,1H3,(H,21,22). The SMILES string of the molecule is Cc1ccc(-c2[nH]c3ccc(F)cc3c2CCC(=O)O)cc1. The highest BCUT2D eigenvalue weighted by Gasteiger charge is 2.15. The van der Waals surface area contributed by atoms with Gasteiger partial charge in [-0.2, -0.15) is 0 Å². The third-order valence-corrected chi connectivity index (χ3v) is 3.80. The summed E-state index contributed by atoms with van der Waals surface area (Å²) >= 11 is 0. The van der Waals surface area contributed by atoms with Crippen LogP contribution in [0.1, 0.15) is 17.5 Å². The molecule has 0 radical (unpaired) electrons. The topological polar surface area (TPSA) is 53.1 Å². The lowest BCUT2D eigenvalue weighted by Crippen LogP contribution is -1.98. The van der Waals surface area contributed by atoms with Gasteiger partial charge >= 0.3 is 5.97 Å². The van der Waals surface area contributed by atoms with Gasteiger partial charge in [0, 0.05) is 23.0 Å². The molecule has 0 saturated carbocycles. The van der Waals surface area contributed by atoms with E-state index in [1.807, 2.05) is 31.2 Å². The summed E-state index contributed by atoms with van der Waals surface area (Å²) in [5.74, 6) is -1.18. The Kier molecular flexibility index (Phi) is 3.67. The van der Waals surface area contributed by atoms with Gasteiger partial charge in [-0.3, -0.25) is 4.79 Å². The number of aromatic amines is 1. The lowest BCUT2D eigenvalue weighted by molar-refractivity contribution is -0.136. The molecule has 0 aliphatic heterocycles. The second-order valence-electron chi connectivity index (χ2n) is 5.43. The van der Waals surface area contributed by atoms with Gasteiger partial charge in [0.15, 0.2) is 0 Å². The molecule has 0 bridgehead atoms. The minimum absolute atomic E-state index is 0.0162. The van der Waals surface area contributed by atoms with E-state index in [4.69, 9.17) is 5.11 Å². The zero-order valence-corrected chi connectivity index (χ0v) is 12.2. The van der Waals surface area contributed by atoms with Gasteiger partial charge in [0.25, 0.3) is 0 Å². The zero-order valence-electron chi connectivity index (χ0n) is 12.2. The molecule has 0 unspecified atom stereocenters. The monoisotopic (exact) mass is 297 g/mol. The maximum absolute atomic E-state index is 13.5. The highest BCUT2D eigenvalue weighted by Crippen LogP contribution is 2.32. The Morgan fingerprint density at radius 3 is 2.59 bits per heavy atom. The minimum Gasteiger partial charge on any atom is -0.481 e. The number of hydrogen-bond donors (Lipinski definition) is 2. The maximum atomic E-state index is 13.5. The second-order valence-corrected chi connectivity index (χ2v) is 5.43. The summed E-state index contributed by atoms with van der Waals surface area (Å²) in [6, 6.07) is 12.5. The smallest absolute Gasteiger partial charge is 0.303 e. The Hall–Kier alpha value is -2.62. The van der Waals surface area contributed by atoms with Crippen LogP contribution in [0.25, 0.3) is 22.2 Å². The number of aromatic nitrogens is 1. The zero-order chi connectivity index (χ0) is 15.7. The molecule has 3 rings (SSSR count). The van der Waals surface area contributed by atoms with Crippen LogP contribution in [0.4, 0.5) is 4.39 Å². The van der Waals surface area contributed by atoms with Crippen molar-refractivity contribution in [1.29, 1.82) is 0 Å². The molecule has 3 aromatic rings. The van der Waals surface area contributed by atoms with Gasteiger partial charge in [0.05, 0.1) is 0 Å². The molecule has 0 spiro atoms. The van der Waals surface area contributed by atoms with Crippen LogP contribution in [-0.2, 0) is 11.2 Å². The normalized spacial score (nSPS) is 11.0. The third kappa shape index (κ3) is 2.72. The molecule has 22 heavy (non-hydrogen) atoms. The summed E-state index contributed by atoms with van der Waals surface area (Å²) in [6.07, 6.45) is 0.379. The van der Waals surface area contributed by atoms with Gasteiger partial charge in [0.2, 0.25) is 0 Å². The highest BCUT2D eigenvalue weighted by molar-refractivity contribution is 5.91. The van der Waals surface area contributed by atoms with E-state index in [0.29, 0.717) is 6.42 Å². The van der Waals surface area contributed by atoms with Crippen molar-refractivity contribution in [3.63, 3.8) is 0 Å². The first-order chi connectivity index (χ1) is 10.5. The van der Waals surface area contributed by atoms with Gasteiger partial charge in [-0.25, -0.2) is 4.39 Å². The second kappa shape index (κ2) is 5.64. The van der Waals surface area contributed by atoms with E-state index >= 15 is 0 Å². The fraction of sp³-hybridized carbons (Fsp3) is 0.167. The molecule has 1 aromatic heterocycles. The molecule has 0 aliphatic carbocycles. The molecule has 4 heteroatoms. The quantitative estimate of drug-likeness (QED) is 0.754. The van der Waals surface area contributed by atoms with Crippen molar-refractivity contribution in [2.24, 2.45) is 0 Å². The maximum Gasteiger partial charge on any atom is 0.303 e. The lowest BCUT2D eigenvalue weighted by atomic mass is 10.0. The number of rotatable bonds is 4. The molecular formula is C18H16FNO2. The molecule has 0 saturated heterocycles. The molecule has 2 aromatic carbocycles. The van der Waals surface area contributed by atoms with Crippen LogP contribution in [0.15, 0.2) is 42.5 Å². The summed E-state index contributed by atoms with van der Waals surface area (Å²) in [7, 11) is 0. The van der Waals surface area contributed by atoms with Gasteiger partial charge in [-0.05, 0) is 42.7 Å². The van der Waals surface area contributed by atoms with E-state index in [0.717, 1.165) is 33.3 Å². The van der Waals surface area contributed by atoms with E-state index < -0.39 is 5.97 Å². The summed E-state index contributed by atoms with van der Waals surface area (Å²) in [5.41, 5.74) is 4.65. The molecule has 0 aliphatic rings. The molecule has 0 amide bonds. The average Bonchev–Trinajstić information content (AvgIpc) is 2.83. The number of benzene rings is 2. The number of nitrogens with one attached hydrogen (secondary N) is 1. The van der Waals surface area contributed by atoms with Gasteiger partial charge < -0.3 is 10.1 Å². The number of aliphatic carboxylic acids is 1. The number of hydrogen-bond acceptors (Lipinski definition) is 1. The summed E-state index contributed by atoms with van der Waals surface area (Å²) in [4.78, 5) is 14.2. The lowest BCUT2D eigenvalue weighted by Gasteiger charge is -2.05. The molecule has 3 nitrogen and oxygen atoms in total. The summed E-state index contributed by atoms with van der Waals surface area (Å²) < 4.78 is 13.5. The van der Waals surface area contributed by atoms with Crippen LogP contribution < -0.4 is 0 Å². The Morgan fingerprint density at radius 2 is 1.91 bits per heavy atom. The number of carboxylic acids is 1. The molecule has 112 valence electrons. The third-order valence-electron chi connectivity index (χ3n) is 3.80. The van der Waals surface area contributed by atoms with Crippen LogP contribution in [0.2, 0.25) is 0 Å². The van der Waals surface area contributed by atoms with Crippen LogP contribution in [0, 0.1) is 12.7 Å². The Morgan fingerprint density at radius 1 is 1.18 bits per heavy atom. The van der Waals surface area contributed by atoms with Crippen molar-refractivity contribution in [2.75, 3.05) is 0 Å². The average molecular weight is 297 g/mol. The fourth-order valence-corrected chi connectivity index (χ4v) is 2.68. The van der Waals surface area contributed by atoms with E-state index in [2.05, 4.69) is 4.98 Å². The van der Waals surface area contributed by atoms with Crippen LogP contribution in [0.3, 0.4) is 0 Å².